The van der Waals surface area contributed by atoms with Gasteiger partial charge in [0.25, 0.3) is 0 Å². The molecule has 2 atom stereocenters. The molecule has 1 nitrogen and oxygen atoms in total. The van der Waals surface area contributed by atoms with Gasteiger partial charge in [0.1, 0.15) is 0 Å². The van der Waals surface area contributed by atoms with Crippen molar-refractivity contribution in [3.63, 3.8) is 0 Å². The second-order valence-electron chi connectivity index (χ2n) is 4.20. The van der Waals surface area contributed by atoms with Gasteiger partial charge in [-0.2, -0.15) is 0 Å². The van der Waals surface area contributed by atoms with E-state index in [4.69, 9.17) is 11.6 Å². The van der Waals surface area contributed by atoms with Crippen LogP contribution in [-0.2, 0) is 0 Å². The third-order valence-corrected chi connectivity index (χ3v) is 3.42. The molecule has 1 aliphatic heterocycles. The molecule has 0 bridgehead atoms. The number of halogens is 2. The molecule has 0 spiro atoms. The Morgan fingerprint density at radius 1 is 1.47 bits per heavy atom. The molecular formula is C12H15ClFN. The van der Waals surface area contributed by atoms with Crippen LogP contribution in [0.25, 0.3) is 0 Å². The zero-order valence-electron chi connectivity index (χ0n) is 8.76. The van der Waals surface area contributed by atoms with Crippen molar-refractivity contribution in [1.82, 2.24) is 5.32 Å². The molecule has 0 radical (unpaired) electrons. The number of nitrogens with one attached hydrogen (secondary N) is 1. The minimum absolute atomic E-state index is 0.0743. The number of hydrogen-bond donors (Lipinski definition) is 1. The molecule has 1 N–H and O–H groups in total. The predicted molar refractivity (Wildman–Crippen MR) is 61.3 cm³/mol. The molecule has 1 fully saturated rings. The molecule has 82 valence electrons. The molecule has 1 aromatic rings. The number of aryl methyl sites for hydroxylation is 1. The monoisotopic (exact) mass is 227 g/mol. The third-order valence-electron chi connectivity index (χ3n) is 3.09. The van der Waals surface area contributed by atoms with Gasteiger partial charge >= 0.3 is 0 Å². The van der Waals surface area contributed by atoms with Crippen LogP contribution in [0.5, 0.6) is 0 Å². The summed E-state index contributed by atoms with van der Waals surface area (Å²) in [7, 11) is 0. The minimum Gasteiger partial charge on any atom is -0.316 e. The van der Waals surface area contributed by atoms with Crippen LogP contribution in [0.15, 0.2) is 18.2 Å². The molecule has 1 heterocycles. The van der Waals surface area contributed by atoms with Crippen LogP contribution >= 0.6 is 11.6 Å². The van der Waals surface area contributed by atoms with Crippen LogP contribution in [0.1, 0.15) is 17.0 Å². The van der Waals surface area contributed by atoms with Gasteiger partial charge in [0, 0.05) is 29.9 Å². The van der Waals surface area contributed by atoms with Crippen molar-refractivity contribution in [2.75, 3.05) is 19.8 Å². The summed E-state index contributed by atoms with van der Waals surface area (Å²) in [6.07, 6.45) is 0. The number of alkyl halides is 1. The number of hydrogen-bond acceptors (Lipinski definition) is 1. The molecule has 0 amide bonds. The molecule has 1 saturated heterocycles. The van der Waals surface area contributed by atoms with E-state index in [-0.39, 0.29) is 18.5 Å². The number of benzene rings is 1. The van der Waals surface area contributed by atoms with E-state index in [2.05, 4.69) is 5.32 Å². The summed E-state index contributed by atoms with van der Waals surface area (Å²) in [5, 5.41) is 3.98. The van der Waals surface area contributed by atoms with E-state index in [0.717, 1.165) is 29.2 Å². The van der Waals surface area contributed by atoms with Crippen LogP contribution in [-0.4, -0.2) is 19.8 Å². The maximum Gasteiger partial charge on any atom is 0.0941 e. The van der Waals surface area contributed by atoms with Gasteiger partial charge in [-0.1, -0.05) is 23.7 Å². The first kappa shape index (κ1) is 10.9. The Labute approximate surface area is 94.6 Å². The van der Waals surface area contributed by atoms with E-state index in [9.17, 15) is 4.39 Å². The van der Waals surface area contributed by atoms with E-state index in [1.807, 2.05) is 25.1 Å². The highest BCUT2D eigenvalue weighted by molar-refractivity contribution is 6.31. The maximum atomic E-state index is 12.8. The fourth-order valence-electron chi connectivity index (χ4n) is 2.19. The van der Waals surface area contributed by atoms with Gasteiger partial charge in [0.2, 0.25) is 0 Å². The van der Waals surface area contributed by atoms with Crippen molar-refractivity contribution in [3.8, 4) is 0 Å². The molecule has 0 unspecified atom stereocenters. The lowest BCUT2D eigenvalue weighted by atomic mass is 9.89. The molecule has 3 heteroatoms. The molecule has 0 saturated carbocycles. The molecule has 0 aliphatic carbocycles. The van der Waals surface area contributed by atoms with E-state index in [1.165, 1.54) is 0 Å². The topological polar surface area (TPSA) is 12.0 Å². The van der Waals surface area contributed by atoms with Crippen LogP contribution in [0.2, 0.25) is 5.02 Å². The molecule has 1 aromatic carbocycles. The highest BCUT2D eigenvalue weighted by atomic mass is 35.5. The van der Waals surface area contributed by atoms with Gasteiger partial charge in [-0.25, -0.2) is 0 Å². The quantitative estimate of drug-likeness (QED) is 0.819. The second-order valence-corrected chi connectivity index (χ2v) is 4.61. The van der Waals surface area contributed by atoms with Gasteiger partial charge < -0.3 is 5.32 Å². The van der Waals surface area contributed by atoms with Crippen molar-refractivity contribution in [1.29, 1.82) is 0 Å². The first-order valence-corrected chi connectivity index (χ1v) is 5.63. The number of rotatable bonds is 2. The lowest BCUT2D eigenvalue weighted by Crippen LogP contribution is -2.13. The summed E-state index contributed by atoms with van der Waals surface area (Å²) >= 11 is 6.18. The van der Waals surface area contributed by atoms with Gasteiger partial charge in [-0.3, -0.25) is 4.39 Å². The Balaban J connectivity index is 2.28. The Morgan fingerprint density at radius 2 is 2.27 bits per heavy atom. The summed E-state index contributed by atoms with van der Waals surface area (Å²) in [6.45, 7) is 3.32. The van der Waals surface area contributed by atoms with Crippen molar-refractivity contribution >= 4 is 11.6 Å². The van der Waals surface area contributed by atoms with E-state index < -0.39 is 0 Å². The van der Waals surface area contributed by atoms with E-state index in [1.54, 1.807) is 0 Å². The normalized spacial score (nSPS) is 25.8. The van der Waals surface area contributed by atoms with Crippen LogP contribution in [0, 0.1) is 12.8 Å². The van der Waals surface area contributed by atoms with Crippen LogP contribution < -0.4 is 5.32 Å². The van der Waals surface area contributed by atoms with Crippen molar-refractivity contribution in [2.45, 2.75) is 12.8 Å². The highest BCUT2D eigenvalue weighted by Gasteiger charge is 2.29. The third kappa shape index (κ3) is 2.16. The Kier molecular flexibility index (Phi) is 3.27. The first-order valence-electron chi connectivity index (χ1n) is 5.25. The smallest absolute Gasteiger partial charge is 0.0941 e. The zero-order valence-corrected chi connectivity index (χ0v) is 9.52. The van der Waals surface area contributed by atoms with Gasteiger partial charge in [-0.05, 0) is 24.1 Å². The van der Waals surface area contributed by atoms with Crippen molar-refractivity contribution in [3.05, 3.63) is 34.3 Å². The summed E-state index contributed by atoms with van der Waals surface area (Å²) in [5.41, 5.74) is 2.22. The average Bonchev–Trinajstić information content (AvgIpc) is 2.65. The second kappa shape index (κ2) is 4.50. The lowest BCUT2D eigenvalue weighted by Gasteiger charge is -2.17. The minimum atomic E-state index is -0.276. The fraction of sp³-hybridized carbons (Fsp3) is 0.500. The zero-order chi connectivity index (χ0) is 10.8. The molecular weight excluding hydrogens is 213 g/mol. The Hall–Kier alpha value is -0.600. The van der Waals surface area contributed by atoms with E-state index in [0.29, 0.717) is 0 Å². The van der Waals surface area contributed by atoms with Gasteiger partial charge in [-0.15, -0.1) is 0 Å². The molecule has 2 rings (SSSR count). The average molecular weight is 228 g/mol. The lowest BCUT2D eigenvalue weighted by molar-refractivity contribution is 0.358. The largest absolute Gasteiger partial charge is 0.316 e. The standard InChI is InChI=1S/C12H15ClFN/c1-8-2-3-10(12(13)4-8)11-7-15-6-9(11)5-14/h2-4,9,11,15H,5-7H2,1H3/t9-,11+/m1/s1. The van der Waals surface area contributed by atoms with Gasteiger partial charge in [0.15, 0.2) is 0 Å². The van der Waals surface area contributed by atoms with Crippen molar-refractivity contribution < 1.29 is 4.39 Å². The van der Waals surface area contributed by atoms with Crippen LogP contribution in [0.3, 0.4) is 0 Å². The SMILES string of the molecule is Cc1ccc([C@H]2CNC[C@H]2CF)c(Cl)c1. The Bertz CT molecular complexity index is 353. The Morgan fingerprint density at radius 3 is 2.93 bits per heavy atom. The molecule has 15 heavy (non-hydrogen) atoms. The summed E-state index contributed by atoms with van der Waals surface area (Å²) in [6, 6.07) is 6.01. The molecule has 1 aliphatic rings. The predicted octanol–water partition coefficient (Wildman–Crippen LogP) is 2.92. The summed E-state index contributed by atoms with van der Waals surface area (Å²) < 4.78 is 12.8. The summed E-state index contributed by atoms with van der Waals surface area (Å²) in [5.74, 6) is 0.299. The van der Waals surface area contributed by atoms with E-state index >= 15 is 0 Å². The van der Waals surface area contributed by atoms with Crippen molar-refractivity contribution in [2.24, 2.45) is 5.92 Å². The summed E-state index contributed by atoms with van der Waals surface area (Å²) in [4.78, 5) is 0. The fourth-order valence-corrected chi connectivity index (χ4v) is 2.57. The first-order chi connectivity index (χ1) is 7.22. The maximum absolute atomic E-state index is 12.8. The highest BCUT2D eigenvalue weighted by Crippen LogP contribution is 2.33. The van der Waals surface area contributed by atoms with Gasteiger partial charge in [0.05, 0.1) is 6.67 Å². The molecule has 0 aromatic heterocycles. The van der Waals surface area contributed by atoms with Crippen LogP contribution in [0.4, 0.5) is 4.39 Å².